The molecule has 2 saturated heterocycles. The summed E-state index contributed by atoms with van der Waals surface area (Å²) in [6.07, 6.45) is 1.26. The molecule has 8 nitrogen and oxygen atoms in total. The lowest BCUT2D eigenvalue weighted by Crippen LogP contribution is -2.50. The van der Waals surface area contributed by atoms with Crippen LogP contribution in [0.1, 0.15) is 73.3 Å². The Bertz CT molecular complexity index is 1570. The first-order chi connectivity index (χ1) is 19.1. The number of H-pyrrole nitrogens is 1. The summed E-state index contributed by atoms with van der Waals surface area (Å²) in [5.74, 6) is 6.32. The molecule has 2 aliphatic heterocycles. The number of nitrogens with zero attached hydrogens (tertiary/aromatic N) is 2. The molecule has 6 rings (SSSR count). The maximum Gasteiger partial charge on any atom is 0.410 e. The van der Waals surface area contributed by atoms with E-state index in [0.717, 1.165) is 51.8 Å². The number of amides is 1. The molecule has 1 amide bonds. The molecule has 3 aromatic rings. The highest BCUT2D eigenvalue weighted by Gasteiger charge is 2.47. The highest BCUT2D eigenvalue weighted by atomic mass is 16.6. The van der Waals surface area contributed by atoms with Gasteiger partial charge in [0.1, 0.15) is 5.60 Å². The van der Waals surface area contributed by atoms with E-state index in [1.807, 2.05) is 52.0 Å². The molecule has 1 aromatic heterocycles. The molecule has 0 radical (unpaired) electrons. The van der Waals surface area contributed by atoms with E-state index in [4.69, 9.17) is 15.2 Å². The molecule has 0 bridgehead atoms. The van der Waals surface area contributed by atoms with Crippen LogP contribution < -0.4 is 10.6 Å². The molecule has 3 aliphatic rings. The average molecular weight is 541 g/mol. The maximum atomic E-state index is 14.2. The van der Waals surface area contributed by atoms with E-state index in [1.54, 1.807) is 4.90 Å². The second kappa shape index (κ2) is 9.60. The van der Waals surface area contributed by atoms with Gasteiger partial charge >= 0.3 is 6.09 Å². The van der Waals surface area contributed by atoms with Gasteiger partial charge in [0, 0.05) is 78.2 Å². The molecule has 0 unspecified atom stereocenters. The van der Waals surface area contributed by atoms with Gasteiger partial charge in [-0.05, 0) is 70.4 Å². The van der Waals surface area contributed by atoms with Crippen LogP contribution in [0.15, 0.2) is 30.3 Å². The lowest BCUT2D eigenvalue weighted by molar-refractivity contribution is 0.0240. The molecule has 40 heavy (non-hydrogen) atoms. The van der Waals surface area contributed by atoms with Crippen molar-refractivity contribution in [1.82, 2.24) is 9.88 Å². The molecule has 3 heterocycles. The summed E-state index contributed by atoms with van der Waals surface area (Å²) in [5.41, 5.74) is 12.0. The minimum absolute atomic E-state index is 0.0126. The van der Waals surface area contributed by atoms with Crippen molar-refractivity contribution in [3.05, 3.63) is 58.3 Å². The molecule has 208 valence electrons. The standard InChI is InChI=1S/C32H36N4O4/c1-5-6-20-17-23-24(19-26(20)35-11-13-36(14-12-35)30(38)40-31(2,3)4)32(9-15-39-16-10-32)29-27(28(23)37)22-8-7-21(33)18-25(22)34-29/h7-8,17-19,34H,9-16,33H2,1-4H3. The third-order valence-corrected chi connectivity index (χ3v) is 8.30. The van der Waals surface area contributed by atoms with Gasteiger partial charge < -0.3 is 30.0 Å². The first-order valence-electron chi connectivity index (χ1n) is 14.0. The number of aromatic amines is 1. The number of piperazine rings is 1. The lowest BCUT2D eigenvalue weighted by Gasteiger charge is -2.43. The van der Waals surface area contributed by atoms with Gasteiger partial charge in [-0.2, -0.15) is 0 Å². The van der Waals surface area contributed by atoms with Gasteiger partial charge in [0.15, 0.2) is 5.78 Å². The van der Waals surface area contributed by atoms with Crippen LogP contribution in [0, 0.1) is 11.8 Å². The van der Waals surface area contributed by atoms with E-state index in [-0.39, 0.29) is 17.3 Å². The second-order valence-corrected chi connectivity index (χ2v) is 11.9. The Labute approximate surface area is 234 Å². The molecule has 8 heteroatoms. The summed E-state index contributed by atoms with van der Waals surface area (Å²) < 4.78 is 11.4. The lowest BCUT2D eigenvalue weighted by atomic mass is 9.64. The number of ether oxygens (including phenoxy) is 2. The van der Waals surface area contributed by atoms with Crippen LogP contribution in [0.2, 0.25) is 0 Å². The van der Waals surface area contributed by atoms with Gasteiger partial charge in [-0.15, -0.1) is 5.92 Å². The summed E-state index contributed by atoms with van der Waals surface area (Å²) in [6, 6.07) is 9.87. The van der Waals surface area contributed by atoms with Crippen molar-refractivity contribution in [3.8, 4) is 11.8 Å². The van der Waals surface area contributed by atoms with Crippen molar-refractivity contribution in [2.75, 3.05) is 50.0 Å². The number of hydrogen-bond acceptors (Lipinski definition) is 6. The average Bonchev–Trinajstić information content (AvgIpc) is 3.31. The first kappa shape index (κ1) is 26.3. The third kappa shape index (κ3) is 4.29. The monoisotopic (exact) mass is 540 g/mol. The Hall–Kier alpha value is -3.96. The molecule has 1 spiro atoms. The fraction of sp³-hybridized carbons (Fsp3) is 0.438. The summed E-state index contributed by atoms with van der Waals surface area (Å²) >= 11 is 0. The molecular weight excluding hydrogens is 504 g/mol. The zero-order valence-corrected chi connectivity index (χ0v) is 23.6. The summed E-state index contributed by atoms with van der Waals surface area (Å²) in [7, 11) is 0. The third-order valence-electron chi connectivity index (χ3n) is 8.30. The number of nitrogens with two attached hydrogens (primary N) is 1. The predicted octanol–water partition coefficient (Wildman–Crippen LogP) is 4.82. The maximum absolute atomic E-state index is 14.2. The topological polar surface area (TPSA) is 101 Å². The van der Waals surface area contributed by atoms with E-state index in [9.17, 15) is 9.59 Å². The van der Waals surface area contributed by atoms with Crippen molar-refractivity contribution in [2.45, 2.75) is 51.6 Å². The number of nitrogens with one attached hydrogen (secondary N) is 1. The van der Waals surface area contributed by atoms with Crippen LogP contribution in [-0.4, -0.2) is 66.8 Å². The number of carbonyl (C=O) groups is 2. The summed E-state index contributed by atoms with van der Waals surface area (Å²) in [6.45, 7) is 11.1. The van der Waals surface area contributed by atoms with E-state index >= 15 is 0 Å². The fourth-order valence-corrected chi connectivity index (χ4v) is 6.44. The van der Waals surface area contributed by atoms with Gasteiger partial charge in [-0.1, -0.05) is 12.0 Å². The largest absolute Gasteiger partial charge is 0.444 e. The summed E-state index contributed by atoms with van der Waals surface area (Å²) in [4.78, 5) is 34.5. The number of nitrogen functional groups attached to an aromatic ring is 1. The van der Waals surface area contributed by atoms with Crippen LogP contribution >= 0.6 is 0 Å². The van der Waals surface area contributed by atoms with Crippen molar-refractivity contribution in [1.29, 1.82) is 0 Å². The van der Waals surface area contributed by atoms with Crippen LogP contribution in [0.3, 0.4) is 0 Å². The van der Waals surface area contributed by atoms with Gasteiger partial charge in [0.2, 0.25) is 0 Å². The van der Waals surface area contributed by atoms with Crippen LogP contribution in [0.4, 0.5) is 16.2 Å². The van der Waals surface area contributed by atoms with Crippen LogP contribution in [0.5, 0.6) is 0 Å². The molecular formula is C32H36N4O4. The Balaban J connectivity index is 1.44. The highest BCUT2D eigenvalue weighted by Crippen LogP contribution is 2.50. The van der Waals surface area contributed by atoms with E-state index in [0.29, 0.717) is 50.6 Å². The number of aromatic nitrogens is 1. The van der Waals surface area contributed by atoms with Gasteiger partial charge in [-0.3, -0.25) is 4.79 Å². The molecule has 0 atom stereocenters. The van der Waals surface area contributed by atoms with Crippen molar-refractivity contribution < 1.29 is 19.1 Å². The normalized spacial score (nSPS) is 18.2. The van der Waals surface area contributed by atoms with Crippen LogP contribution in [0.25, 0.3) is 10.9 Å². The molecule has 3 N–H and O–H groups in total. The highest BCUT2D eigenvalue weighted by molar-refractivity contribution is 6.20. The first-order valence-corrected chi connectivity index (χ1v) is 14.0. The zero-order chi connectivity index (χ0) is 28.2. The van der Waals surface area contributed by atoms with E-state index in [1.165, 1.54) is 0 Å². The van der Waals surface area contributed by atoms with E-state index in [2.05, 4.69) is 27.8 Å². The Morgan fingerprint density at radius 3 is 2.50 bits per heavy atom. The number of fused-ring (bicyclic) bond motifs is 6. The predicted molar refractivity (Wildman–Crippen MR) is 156 cm³/mol. The van der Waals surface area contributed by atoms with Crippen molar-refractivity contribution in [3.63, 3.8) is 0 Å². The van der Waals surface area contributed by atoms with E-state index < -0.39 is 5.60 Å². The van der Waals surface area contributed by atoms with Crippen molar-refractivity contribution >= 4 is 34.2 Å². The minimum Gasteiger partial charge on any atom is -0.444 e. The Morgan fingerprint density at radius 1 is 1.10 bits per heavy atom. The number of ketones is 1. The smallest absolute Gasteiger partial charge is 0.410 e. The summed E-state index contributed by atoms with van der Waals surface area (Å²) in [5, 5.41) is 0.899. The fourth-order valence-electron chi connectivity index (χ4n) is 6.44. The van der Waals surface area contributed by atoms with Gasteiger partial charge in [0.05, 0.1) is 11.3 Å². The molecule has 0 saturated carbocycles. The molecule has 2 fully saturated rings. The van der Waals surface area contributed by atoms with Gasteiger partial charge in [-0.25, -0.2) is 4.79 Å². The number of carbonyl (C=O) groups excluding carboxylic acids is 2. The number of benzene rings is 2. The number of rotatable bonds is 1. The molecule has 1 aliphatic carbocycles. The number of anilines is 2. The second-order valence-electron chi connectivity index (χ2n) is 11.9. The SMILES string of the molecule is CC#Cc1cc2c(cc1N1CCN(C(=O)OC(C)(C)C)CC1)C1(CCOCC1)c1[nH]c3cc(N)ccc3c1C2=O. The Morgan fingerprint density at radius 2 is 1.82 bits per heavy atom. The van der Waals surface area contributed by atoms with Crippen LogP contribution in [-0.2, 0) is 14.9 Å². The zero-order valence-electron chi connectivity index (χ0n) is 23.6. The number of hydrogen-bond donors (Lipinski definition) is 2. The minimum atomic E-state index is -0.533. The van der Waals surface area contributed by atoms with Crippen molar-refractivity contribution in [2.24, 2.45) is 0 Å². The quantitative estimate of drug-likeness (QED) is 0.339. The molecule has 2 aromatic carbocycles. The van der Waals surface area contributed by atoms with Gasteiger partial charge in [0.25, 0.3) is 0 Å². The Kier molecular flexibility index (Phi) is 6.30.